The number of benzene rings is 3. The van der Waals surface area contributed by atoms with Gasteiger partial charge in [0.15, 0.2) is 0 Å². The highest BCUT2D eigenvalue weighted by atomic mass is 16.5. The number of ether oxygens (including phenoxy) is 2. The summed E-state index contributed by atoms with van der Waals surface area (Å²) in [7, 11) is 5.06. The number of nitrogens with zero attached hydrogens (tertiary/aromatic N) is 3. The Morgan fingerprint density at radius 3 is 1.94 bits per heavy atom. The van der Waals surface area contributed by atoms with E-state index in [4.69, 9.17) is 9.47 Å². The van der Waals surface area contributed by atoms with Gasteiger partial charge in [0, 0.05) is 31.3 Å². The van der Waals surface area contributed by atoms with E-state index in [0.29, 0.717) is 17.9 Å². The molecule has 0 radical (unpaired) electrons. The van der Waals surface area contributed by atoms with Gasteiger partial charge < -0.3 is 14.4 Å². The number of carbonyl (C=O) groups is 2. The fraction of sp³-hybridized carbons (Fsp3) is 0.185. The highest BCUT2D eigenvalue weighted by Gasteiger charge is 2.08. The summed E-state index contributed by atoms with van der Waals surface area (Å²) in [6, 6.07) is 21.8. The largest absolute Gasteiger partial charge is 0.497 e. The van der Waals surface area contributed by atoms with E-state index in [0.717, 1.165) is 22.6 Å². The van der Waals surface area contributed by atoms with Gasteiger partial charge in [-0.05, 0) is 59.7 Å². The second kappa shape index (κ2) is 13.3. The molecule has 0 unspecified atom stereocenters. The summed E-state index contributed by atoms with van der Waals surface area (Å²) < 4.78 is 10.3. The second-order valence-corrected chi connectivity index (χ2v) is 7.76. The molecule has 0 heterocycles. The molecule has 0 fully saturated rings. The lowest BCUT2D eigenvalue weighted by Gasteiger charge is -2.18. The Morgan fingerprint density at radius 1 is 0.833 bits per heavy atom. The zero-order valence-corrected chi connectivity index (χ0v) is 20.5. The third-order valence-electron chi connectivity index (χ3n) is 5.21. The predicted molar refractivity (Wildman–Crippen MR) is 141 cm³/mol. The lowest BCUT2D eigenvalue weighted by atomic mass is 10.2. The lowest BCUT2D eigenvalue weighted by Crippen LogP contribution is -2.26. The van der Waals surface area contributed by atoms with Crippen molar-refractivity contribution in [2.45, 2.75) is 6.42 Å². The molecule has 3 aromatic carbocycles. The molecule has 36 heavy (non-hydrogen) atoms. The average Bonchev–Trinajstić information content (AvgIpc) is 2.92. The van der Waals surface area contributed by atoms with Gasteiger partial charge in [0.2, 0.25) is 5.91 Å². The minimum atomic E-state index is -0.323. The van der Waals surface area contributed by atoms with E-state index in [2.05, 4.69) is 21.1 Å². The average molecular weight is 488 g/mol. The first kappa shape index (κ1) is 26.0. The summed E-state index contributed by atoms with van der Waals surface area (Å²) in [5.41, 5.74) is 8.02. The van der Waals surface area contributed by atoms with E-state index in [1.54, 1.807) is 38.8 Å². The summed E-state index contributed by atoms with van der Waals surface area (Å²) in [5.74, 6) is 0.905. The Hall–Kier alpha value is -4.66. The van der Waals surface area contributed by atoms with Crippen LogP contribution in [-0.2, 0) is 4.79 Å². The van der Waals surface area contributed by atoms with Crippen LogP contribution in [0.25, 0.3) is 0 Å². The van der Waals surface area contributed by atoms with E-state index in [1.807, 2.05) is 72.6 Å². The summed E-state index contributed by atoms with van der Waals surface area (Å²) >= 11 is 0. The van der Waals surface area contributed by atoms with Crippen molar-refractivity contribution in [1.82, 2.24) is 10.9 Å². The molecular weight excluding hydrogens is 458 g/mol. The van der Waals surface area contributed by atoms with Crippen LogP contribution in [0.2, 0.25) is 0 Å². The van der Waals surface area contributed by atoms with E-state index in [-0.39, 0.29) is 18.2 Å². The Labute approximate surface area is 210 Å². The van der Waals surface area contributed by atoms with Crippen LogP contribution in [0, 0.1) is 0 Å². The Balaban J connectivity index is 1.44. The van der Waals surface area contributed by atoms with Crippen molar-refractivity contribution < 1.29 is 19.1 Å². The Morgan fingerprint density at radius 2 is 1.39 bits per heavy atom. The standard InChI is InChI=1S/C27H29N5O4/c1-32(15-14-26(33)30-28-18-20-6-4-8-24(16-20)35-2)23-12-10-22(11-13-23)27(34)31-29-19-21-7-5-9-25(17-21)36-3/h4-13,16-19H,14-15H2,1-3H3,(H,30,33)(H,31,34). The van der Waals surface area contributed by atoms with Gasteiger partial charge >= 0.3 is 0 Å². The molecule has 0 bridgehead atoms. The number of hydrogen-bond donors (Lipinski definition) is 2. The zero-order valence-electron chi connectivity index (χ0n) is 20.5. The van der Waals surface area contributed by atoms with Gasteiger partial charge in [-0.1, -0.05) is 24.3 Å². The second-order valence-electron chi connectivity index (χ2n) is 7.76. The number of hydrazone groups is 2. The highest BCUT2D eigenvalue weighted by molar-refractivity contribution is 5.95. The molecule has 3 rings (SSSR count). The van der Waals surface area contributed by atoms with Crippen molar-refractivity contribution in [3.8, 4) is 11.5 Å². The van der Waals surface area contributed by atoms with Gasteiger partial charge in [-0.15, -0.1) is 0 Å². The van der Waals surface area contributed by atoms with Crippen molar-refractivity contribution in [3.05, 3.63) is 89.5 Å². The van der Waals surface area contributed by atoms with Gasteiger partial charge in [0.05, 0.1) is 26.6 Å². The van der Waals surface area contributed by atoms with Crippen molar-refractivity contribution in [2.24, 2.45) is 10.2 Å². The number of methoxy groups -OCH3 is 2. The number of carbonyl (C=O) groups excluding carboxylic acids is 2. The van der Waals surface area contributed by atoms with E-state index in [1.165, 1.54) is 0 Å². The van der Waals surface area contributed by atoms with Crippen LogP contribution in [0.5, 0.6) is 11.5 Å². The zero-order chi connectivity index (χ0) is 25.8. The quantitative estimate of drug-likeness (QED) is 0.318. The van der Waals surface area contributed by atoms with E-state index >= 15 is 0 Å². The normalized spacial score (nSPS) is 10.9. The molecule has 3 aromatic rings. The molecule has 0 saturated carbocycles. The molecule has 0 atom stereocenters. The monoisotopic (exact) mass is 487 g/mol. The molecule has 0 aromatic heterocycles. The van der Waals surface area contributed by atoms with Crippen LogP contribution in [0.15, 0.2) is 83.0 Å². The molecule has 0 spiro atoms. The Bertz CT molecular complexity index is 1220. The first-order valence-corrected chi connectivity index (χ1v) is 11.2. The van der Waals surface area contributed by atoms with Crippen molar-refractivity contribution in [2.75, 3.05) is 32.7 Å². The molecular formula is C27H29N5O4. The van der Waals surface area contributed by atoms with Gasteiger partial charge in [0.25, 0.3) is 5.91 Å². The first-order chi connectivity index (χ1) is 17.5. The molecule has 0 aliphatic heterocycles. The molecule has 0 saturated heterocycles. The van der Waals surface area contributed by atoms with E-state index < -0.39 is 0 Å². The lowest BCUT2D eigenvalue weighted by molar-refractivity contribution is -0.120. The first-order valence-electron chi connectivity index (χ1n) is 11.2. The fourth-order valence-electron chi connectivity index (χ4n) is 3.17. The van der Waals surface area contributed by atoms with Crippen LogP contribution in [0.1, 0.15) is 27.9 Å². The van der Waals surface area contributed by atoms with Gasteiger partial charge in [-0.25, -0.2) is 10.9 Å². The third-order valence-corrected chi connectivity index (χ3v) is 5.21. The number of hydrogen-bond acceptors (Lipinski definition) is 7. The van der Waals surface area contributed by atoms with Crippen LogP contribution in [0.3, 0.4) is 0 Å². The molecule has 9 nitrogen and oxygen atoms in total. The maximum Gasteiger partial charge on any atom is 0.271 e. The Kier molecular flexibility index (Phi) is 9.58. The molecule has 2 amide bonds. The molecule has 186 valence electrons. The third kappa shape index (κ3) is 7.98. The van der Waals surface area contributed by atoms with Gasteiger partial charge in [0.1, 0.15) is 11.5 Å². The smallest absolute Gasteiger partial charge is 0.271 e. The van der Waals surface area contributed by atoms with Gasteiger partial charge in [-0.3, -0.25) is 9.59 Å². The summed E-state index contributed by atoms with van der Waals surface area (Å²) in [5, 5.41) is 7.99. The summed E-state index contributed by atoms with van der Waals surface area (Å²) in [6.45, 7) is 0.483. The summed E-state index contributed by atoms with van der Waals surface area (Å²) in [6.07, 6.45) is 3.37. The van der Waals surface area contributed by atoms with Crippen LogP contribution < -0.4 is 25.2 Å². The molecule has 2 N–H and O–H groups in total. The molecule has 9 heteroatoms. The summed E-state index contributed by atoms with van der Waals surface area (Å²) in [4.78, 5) is 26.4. The van der Waals surface area contributed by atoms with Crippen LogP contribution in [-0.4, -0.2) is 52.1 Å². The number of anilines is 1. The van der Waals surface area contributed by atoms with Crippen LogP contribution in [0.4, 0.5) is 5.69 Å². The highest BCUT2D eigenvalue weighted by Crippen LogP contribution is 2.15. The topological polar surface area (TPSA) is 105 Å². The molecule has 0 aliphatic rings. The molecule has 0 aliphatic carbocycles. The number of rotatable bonds is 11. The minimum Gasteiger partial charge on any atom is -0.497 e. The SMILES string of the molecule is COc1cccc(C=NNC(=O)CCN(C)c2ccc(C(=O)NN=Cc3cccc(OC)c3)cc2)c1. The van der Waals surface area contributed by atoms with Crippen molar-refractivity contribution >= 4 is 29.9 Å². The maximum absolute atomic E-state index is 12.4. The fourth-order valence-corrected chi connectivity index (χ4v) is 3.17. The van der Waals surface area contributed by atoms with Crippen LogP contribution >= 0.6 is 0 Å². The number of nitrogens with one attached hydrogen (secondary N) is 2. The van der Waals surface area contributed by atoms with Crippen molar-refractivity contribution in [3.63, 3.8) is 0 Å². The maximum atomic E-state index is 12.4. The van der Waals surface area contributed by atoms with E-state index in [9.17, 15) is 9.59 Å². The number of amides is 2. The van der Waals surface area contributed by atoms with Gasteiger partial charge in [-0.2, -0.15) is 10.2 Å². The minimum absolute atomic E-state index is 0.203. The predicted octanol–water partition coefficient (Wildman–Crippen LogP) is 3.44. The van der Waals surface area contributed by atoms with Crippen molar-refractivity contribution in [1.29, 1.82) is 0 Å².